The van der Waals surface area contributed by atoms with Crippen LogP contribution in [0.25, 0.3) is 5.69 Å². The lowest BCUT2D eigenvalue weighted by Gasteiger charge is -2.10. The standard InChI is InChI=1S/C15H19F2N3/c1-11(2)8-18-9-12-10-19-20(14(12)15(16)17)13-6-4-3-5-7-13/h3-7,10-11,15,18H,8-9H2,1-2H3. The molecule has 2 rings (SSSR count). The predicted octanol–water partition coefficient (Wildman–Crippen LogP) is 3.56. The summed E-state index contributed by atoms with van der Waals surface area (Å²) < 4.78 is 27.9. The fourth-order valence-corrected chi connectivity index (χ4v) is 2.03. The molecule has 108 valence electrons. The van der Waals surface area contributed by atoms with Crippen LogP contribution in [-0.2, 0) is 6.54 Å². The summed E-state index contributed by atoms with van der Waals surface area (Å²) in [7, 11) is 0. The molecular weight excluding hydrogens is 260 g/mol. The number of nitrogens with zero attached hydrogens (tertiary/aromatic N) is 2. The zero-order chi connectivity index (χ0) is 14.5. The second kappa shape index (κ2) is 6.61. The van der Waals surface area contributed by atoms with Crippen molar-refractivity contribution in [3.8, 4) is 5.69 Å². The van der Waals surface area contributed by atoms with Crippen molar-refractivity contribution in [3.63, 3.8) is 0 Å². The molecule has 0 amide bonds. The quantitative estimate of drug-likeness (QED) is 0.876. The Balaban J connectivity index is 2.24. The van der Waals surface area contributed by atoms with Crippen LogP contribution < -0.4 is 5.32 Å². The van der Waals surface area contributed by atoms with Gasteiger partial charge < -0.3 is 5.32 Å². The van der Waals surface area contributed by atoms with Gasteiger partial charge >= 0.3 is 0 Å². The molecular formula is C15H19F2N3. The van der Waals surface area contributed by atoms with Gasteiger partial charge in [-0.1, -0.05) is 32.0 Å². The molecule has 3 nitrogen and oxygen atoms in total. The van der Waals surface area contributed by atoms with E-state index in [0.717, 1.165) is 6.54 Å². The molecule has 0 fully saturated rings. The molecule has 2 aromatic rings. The third-order valence-corrected chi connectivity index (χ3v) is 2.96. The molecule has 1 aromatic carbocycles. The fraction of sp³-hybridized carbons (Fsp3) is 0.400. The Morgan fingerprint density at radius 2 is 1.90 bits per heavy atom. The first-order valence-corrected chi connectivity index (χ1v) is 6.70. The molecule has 0 saturated carbocycles. The van der Waals surface area contributed by atoms with Crippen molar-refractivity contribution < 1.29 is 8.78 Å². The molecule has 0 bridgehead atoms. The molecule has 5 heteroatoms. The van der Waals surface area contributed by atoms with E-state index in [1.165, 1.54) is 10.9 Å². The van der Waals surface area contributed by atoms with Gasteiger partial charge in [-0.2, -0.15) is 5.10 Å². The average molecular weight is 279 g/mol. The highest BCUT2D eigenvalue weighted by molar-refractivity contribution is 5.35. The summed E-state index contributed by atoms with van der Waals surface area (Å²) in [6.07, 6.45) is -1.03. The van der Waals surface area contributed by atoms with E-state index in [1.807, 2.05) is 18.2 Å². The van der Waals surface area contributed by atoms with Crippen LogP contribution >= 0.6 is 0 Å². The highest BCUT2D eigenvalue weighted by Gasteiger charge is 2.20. The third-order valence-electron chi connectivity index (χ3n) is 2.96. The first-order chi connectivity index (χ1) is 9.59. The van der Waals surface area contributed by atoms with Crippen molar-refractivity contribution in [2.45, 2.75) is 26.8 Å². The van der Waals surface area contributed by atoms with Gasteiger partial charge in [0.05, 0.1) is 11.9 Å². The molecule has 0 spiro atoms. The number of hydrogen-bond acceptors (Lipinski definition) is 2. The summed E-state index contributed by atoms with van der Waals surface area (Å²) in [5.41, 5.74) is 1.16. The first kappa shape index (κ1) is 14.7. The van der Waals surface area contributed by atoms with Gasteiger partial charge in [0.25, 0.3) is 6.43 Å². The van der Waals surface area contributed by atoms with Gasteiger partial charge in [-0.25, -0.2) is 13.5 Å². The van der Waals surface area contributed by atoms with Crippen LogP contribution in [0.1, 0.15) is 31.5 Å². The zero-order valence-electron chi connectivity index (χ0n) is 11.7. The lowest BCUT2D eigenvalue weighted by molar-refractivity contribution is 0.141. The Bertz CT molecular complexity index is 535. The van der Waals surface area contributed by atoms with Crippen LogP contribution in [0.2, 0.25) is 0 Å². The molecule has 0 radical (unpaired) electrons. The van der Waals surface area contributed by atoms with Crippen LogP contribution in [0.5, 0.6) is 0 Å². The van der Waals surface area contributed by atoms with Crippen molar-refractivity contribution in [1.29, 1.82) is 0 Å². The van der Waals surface area contributed by atoms with E-state index in [9.17, 15) is 8.78 Å². The van der Waals surface area contributed by atoms with Crippen molar-refractivity contribution in [3.05, 3.63) is 47.8 Å². The summed E-state index contributed by atoms with van der Waals surface area (Å²) in [6.45, 7) is 5.35. The van der Waals surface area contributed by atoms with Crippen molar-refractivity contribution in [2.24, 2.45) is 5.92 Å². The van der Waals surface area contributed by atoms with E-state index in [0.29, 0.717) is 23.7 Å². The summed E-state index contributed by atoms with van der Waals surface area (Å²) in [5, 5.41) is 7.28. The molecule has 0 saturated heterocycles. The van der Waals surface area contributed by atoms with E-state index in [2.05, 4.69) is 24.3 Å². The van der Waals surface area contributed by atoms with Gasteiger partial charge in [0.2, 0.25) is 0 Å². The molecule has 0 aliphatic carbocycles. The Kier molecular flexibility index (Phi) is 4.84. The molecule has 0 unspecified atom stereocenters. The predicted molar refractivity (Wildman–Crippen MR) is 75.1 cm³/mol. The molecule has 1 N–H and O–H groups in total. The number of benzene rings is 1. The summed E-state index contributed by atoms with van der Waals surface area (Å²) in [5.74, 6) is 0.481. The summed E-state index contributed by atoms with van der Waals surface area (Å²) >= 11 is 0. The minimum Gasteiger partial charge on any atom is -0.312 e. The molecule has 0 aliphatic heterocycles. The van der Waals surface area contributed by atoms with Gasteiger partial charge in [0.1, 0.15) is 5.69 Å². The smallest absolute Gasteiger partial charge is 0.280 e. The number of nitrogens with one attached hydrogen (secondary N) is 1. The molecule has 0 atom stereocenters. The highest BCUT2D eigenvalue weighted by atomic mass is 19.3. The monoisotopic (exact) mass is 279 g/mol. The van der Waals surface area contributed by atoms with E-state index in [-0.39, 0.29) is 5.69 Å². The molecule has 1 aromatic heterocycles. The van der Waals surface area contributed by atoms with Crippen molar-refractivity contribution >= 4 is 0 Å². The highest BCUT2D eigenvalue weighted by Crippen LogP contribution is 2.25. The number of rotatable bonds is 6. The normalized spacial score (nSPS) is 11.5. The maximum Gasteiger partial charge on any atom is 0.280 e. The van der Waals surface area contributed by atoms with E-state index in [4.69, 9.17) is 0 Å². The third kappa shape index (κ3) is 3.42. The van der Waals surface area contributed by atoms with E-state index in [1.54, 1.807) is 12.1 Å². The molecule has 20 heavy (non-hydrogen) atoms. The fourth-order valence-electron chi connectivity index (χ4n) is 2.03. The van der Waals surface area contributed by atoms with E-state index < -0.39 is 6.43 Å². The minimum absolute atomic E-state index is 0.0348. The largest absolute Gasteiger partial charge is 0.312 e. The Morgan fingerprint density at radius 1 is 1.20 bits per heavy atom. The maximum absolute atomic E-state index is 13.3. The minimum atomic E-state index is -2.55. The summed E-state index contributed by atoms with van der Waals surface area (Å²) in [6, 6.07) is 9.00. The number of para-hydroxylation sites is 1. The number of hydrogen-bond donors (Lipinski definition) is 1. The lowest BCUT2D eigenvalue weighted by atomic mass is 10.2. The van der Waals surface area contributed by atoms with Crippen LogP contribution in [0, 0.1) is 5.92 Å². The van der Waals surface area contributed by atoms with Crippen molar-refractivity contribution in [2.75, 3.05) is 6.54 Å². The van der Waals surface area contributed by atoms with Crippen LogP contribution in [0.15, 0.2) is 36.5 Å². The van der Waals surface area contributed by atoms with Gasteiger partial charge in [0, 0.05) is 12.1 Å². The van der Waals surface area contributed by atoms with Crippen LogP contribution in [0.3, 0.4) is 0 Å². The van der Waals surface area contributed by atoms with Crippen LogP contribution in [-0.4, -0.2) is 16.3 Å². The second-order valence-electron chi connectivity index (χ2n) is 5.13. The maximum atomic E-state index is 13.3. The topological polar surface area (TPSA) is 29.9 Å². The van der Waals surface area contributed by atoms with E-state index >= 15 is 0 Å². The van der Waals surface area contributed by atoms with Crippen molar-refractivity contribution in [1.82, 2.24) is 15.1 Å². The SMILES string of the molecule is CC(C)CNCc1cnn(-c2ccccc2)c1C(F)F. The van der Waals surface area contributed by atoms with Gasteiger partial charge in [-0.3, -0.25) is 0 Å². The lowest BCUT2D eigenvalue weighted by Crippen LogP contribution is -2.19. The van der Waals surface area contributed by atoms with Gasteiger partial charge in [-0.15, -0.1) is 0 Å². The zero-order valence-corrected chi connectivity index (χ0v) is 11.7. The second-order valence-corrected chi connectivity index (χ2v) is 5.13. The van der Waals surface area contributed by atoms with Gasteiger partial charge in [0.15, 0.2) is 0 Å². The summed E-state index contributed by atoms with van der Waals surface area (Å²) in [4.78, 5) is 0. The molecule has 0 aliphatic rings. The Hall–Kier alpha value is -1.75. The number of alkyl halides is 2. The average Bonchev–Trinajstić information content (AvgIpc) is 2.83. The Labute approximate surface area is 117 Å². The Morgan fingerprint density at radius 3 is 2.50 bits per heavy atom. The number of halogens is 2. The first-order valence-electron chi connectivity index (χ1n) is 6.70. The number of aromatic nitrogens is 2. The molecule has 1 heterocycles. The van der Waals surface area contributed by atoms with Crippen LogP contribution in [0.4, 0.5) is 8.78 Å². The van der Waals surface area contributed by atoms with Gasteiger partial charge in [-0.05, 0) is 24.6 Å².